The minimum absolute atomic E-state index is 0.0420. The smallest absolute Gasteiger partial charge is 0.306 e. The highest BCUT2D eigenvalue weighted by Gasteiger charge is 2.15. The molecule has 3 N–H and O–H groups in total. The zero-order valence-corrected chi connectivity index (χ0v) is 12.3. The lowest BCUT2D eigenvalue weighted by Crippen LogP contribution is -2.22. The van der Waals surface area contributed by atoms with Crippen LogP contribution in [0.15, 0.2) is 47.5 Å². The van der Waals surface area contributed by atoms with Gasteiger partial charge in [0.15, 0.2) is 5.75 Å². The van der Waals surface area contributed by atoms with Crippen molar-refractivity contribution in [1.82, 2.24) is 5.32 Å². The molecule has 0 spiro atoms. The third-order valence-corrected chi connectivity index (χ3v) is 3.08. The number of hydrogen-bond acceptors (Lipinski definition) is 6. The van der Waals surface area contributed by atoms with Crippen molar-refractivity contribution in [2.45, 2.75) is 0 Å². The van der Waals surface area contributed by atoms with E-state index < -0.39 is 16.0 Å². The molecule has 1 rings (SSSR count). The first-order chi connectivity index (χ1) is 9.33. The van der Waals surface area contributed by atoms with Crippen LogP contribution in [0.3, 0.4) is 0 Å². The van der Waals surface area contributed by atoms with Crippen LogP contribution in [0.25, 0.3) is 0 Å². The van der Waals surface area contributed by atoms with Gasteiger partial charge in [-0.1, -0.05) is 30.5 Å². The molecule has 1 aromatic carbocycles. The Morgan fingerprint density at radius 3 is 2.70 bits per heavy atom. The molecule has 0 saturated carbocycles. The maximum atomic E-state index is 12.0. The topological polar surface area (TPSA) is 98.5 Å². The molecule has 1 amide bonds. The van der Waals surface area contributed by atoms with Crippen LogP contribution >= 0.6 is 11.8 Å². The van der Waals surface area contributed by atoms with Crippen molar-refractivity contribution in [1.29, 1.82) is 0 Å². The number of carbonyl (C=O) groups is 1. The molecule has 108 valence electrons. The summed E-state index contributed by atoms with van der Waals surface area (Å²) in [6.45, 7) is 3.63. The van der Waals surface area contributed by atoms with Gasteiger partial charge in [0, 0.05) is 6.20 Å². The third kappa shape index (κ3) is 5.37. The summed E-state index contributed by atoms with van der Waals surface area (Å²) in [5.74, 6) is -0.563. The number of benzene rings is 1. The van der Waals surface area contributed by atoms with E-state index in [9.17, 15) is 13.2 Å². The Morgan fingerprint density at radius 1 is 1.45 bits per heavy atom. The van der Waals surface area contributed by atoms with Gasteiger partial charge in [-0.05, 0) is 17.5 Å². The van der Waals surface area contributed by atoms with Crippen LogP contribution in [-0.4, -0.2) is 20.6 Å². The van der Waals surface area contributed by atoms with E-state index in [1.54, 1.807) is 17.5 Å². The Bertz CT molecular complexity index is 639. The average Bonchev–Trinajstić information content (AvgIpc) is 2.35. The van der Waals surface area contributed by atoms with Gasteiger partial charge >= 0.3 is 10.1 Å². The number of amides is 1. The molecular formula is C12H14N2O4S2. The summed E-state index contributed by atoms with van der Waals surface area (Å²) in [5, 5.41) is 4.40. The predicted molar refractivity (Wildman–Crippen MR) is 79.4 cm³/mol. The number of nitrogens with one attached hydrogen (secondary N) is 1. The van der Waals surface area contributed by atoms with E-state index in [1.807, 2.05) is 0 Å². The second kappa shape index (κ2) is 7.01. The predicted octanol–water partition coefficient (Wildman–Crippen LogP) is 1.39. The first kappa shape index (κ1) is 16.1. The van der Waals surface area contributed by atoms with Gasteiger partial charge in [-0.25, -0.2) is 0 Å². The minimum Gasteiger partial charge on any atom is -0.404 e. The van der Waals surface area contributed by atoms with Crippen LogP contribution in [0.4, 0.5) is 0 Å². The molecule has 1 aromatic rings. The number of nitrogens with two attached hydrogens (primary N) is 1. The summed E-state index contributed by atoms with van der Waals surface area (Å²) >= 11 is 1.13. The molecule has 0 aliphatic rings. The maximum Gasteiger partial charge on any atom is 0.306 e. The van der Waals surface area contributed by atoms with Crippen molar-refractivity contribution in [2.24, 2.45) is 5.73 Å². The zero-order chi connectivity index (χ0) is 15.2. The van der Waals surface area contributed by atoms with E-state index in [0.29, 0.717) is 5.03 Å². The van der Waals surface area contributed by atoms with E-state index in [4.69, 9.17) is 9.92 Å². The lowest BCUT2D eigenvalue weighted by molar-refractivity contribution is 0.0967. The summed E-state index contributed by atoms with van der Waals surface area (Å²) in [7, 11) is -3.71. The second-order valence-corrected chi connectivity index (χ2v) is 6.18. The lowest BCUT2D eigenvalue weighted by Gasteiger charge is -2.10. The summed E-state index contributed by atoms with van der Waals surface area (Å²) in [5.41, 5.74) is 5.26. The number of rotatable bonds is 6. The highest BCUT2D eigenvalue weighted by atomic mass is 32.2. The zero-order valence-electron chi connectivity index (χ0n) is 10.7. The molecule has 0 saturated heterocycles. The van der Waals surface area contributed by atoms with Gasteiger partial charge in [-0.15, -0.1) is 0 Å². The van der Waals surface area contributed by atoms with E-state index in [-0.39, 0.29) is 11.3 Å². The van der Waals surface area contributed by atoms with Gasteiger partial charge in [0.2, 0.25) is 0 Å². The van der Waals surface area contributed by atoms with E-state index in [0.717, 1.165) is 18.0 Å². The summed E-state index contributed by atoms with van der Waals surface area (Å²) in [4.78, 5) is 12.0. The molecule has 0 heterocycles. The fourth-order valence-electron chi connectivity index (χ4n) is 1.23. The molecular weight excluding hydrogens is 300 g/mol. The van der Waals surface area contributed by atoms with Gasteiger partial charge < -0.3 is 15.2 Å². The Morgan fingerprint density at radius 2 is 2.10 bits per heavy atom. The highest BCUT2D eigenvalue weighted by molar-refractivity contribution is 8.05. The highest BCUT2D eigenvalue weighted by Crippen LogP contribution is 2.20. The van der Waals surface area contributed by atoms with Crippen molar-refractivity contribution < 1.29 is 17.4 Å². The number of thioether (sulfide) groups is 1. The lowest BCUT2D eigenvalue weighted by atomic mass is 10.2. The summed E-state index contributed by atoms with van der Waals surface area (Å²) in [6.07, 6.45) is 2.21. The van der Waals surface area contributed by atoms with Crippen LogP contribution in [0.2, 0.25) is 0 Å². The fourth-order valence-corrected chi connectivity index (χ4v) is 2.10. The SMILES string of the molecule is C=C(NC(=O)c1ccccc1OS(C)(=O)=O)S/C=C\N. The van der Waals surface area contributed by atoms with E-state index in [2.05, 4.69) is 11.9 Å². The molecule has 0 atom stereocenters. The number of para-hydroxylation sites is 1. The largest absolute Gasteiger partial charge is 0.404 e. The molecule has 6 nitrogen and oxygen atoms in total. The van der Waals surface area contributed by atoms with Crippen LogP contribution in [-0.2, 0) is 10.1 Å². The van der Waals surface area contributed by atoms with Crippen molar-refractivity contribution >= 4 is 27.8 Å². The Labute approximate surface area is 121 Å². The van der Waals surface area contributed by atoms with Crippen molar-refractivity contribution in [2.75, 3.05) is 6.26 Å². The second-order valence-electron chi connectivity index (χ2n) is 3.61. The summed E-state index contributed by atoms with van der Waals surface area (Å²) in [6, 6.07) is 6.01. The molecule has 0 aliphatic carbocycles. The summed E-state index contributed by atoms with van der Waals surface area (Å²) < 4.78 is 27.0. The Hall–Kier alpha value is -1.93. The molecule has 8 heteroatoms. The fraction of sp³-hybridized carbons (Fsp3) is 0.0833. The van der Waals surface area contributed by atoms with Crippen LogP contribution in [0, 0.1) is 0 Å². The average molecular weight is 314 g/mol. The van der Waals surface area contributed by atoms with Gasteiger partial charge in [0.1, 0.15) is 0 Å². The Kier molecular flexibility index (Phi) is 5.66. The van der Waals surface area contributed by atoms with Crippen molar-refractivity contribution in [3.8, 4) is 5.75 Å². The minimum atomic E-state index is -3.71. The monoisotopic (exact) mass is 314 g/mol. The van der Waals surface area contributed by atoms with Gasteiger partial charge in [-0.3, -0.25) is 4.79 Å². The van der Waals surface area contributed by atoms with E-state index >= 15 is 0 Å². The standard InChI is InChI=1S/C12H14N2O4S2/c1-9(19-8-7-13)14-12(15)10-5-3-4-6-11(10)18-20(2,16)17/h3-8H,1,13H2,2H3,(H,14,15)/b8-7-. The van der Waals surface area contributed by atoms with Crippen LogP contribution in [0.1, 0.15) is 10.4 Å². The van der Waals surface area contributed by atoms with E-state index in [1.165, 1.54) is 18.3 Å². The molecule has 0 aliphatic heterocycles. The number of carbonyl (C=O) groups excluding carboxylic acids is 1. The quantitative estimate of drug-likeness (QED) is 0.770. The number of hydrogen-bond donors (Lipinski definition) is 2. The molecule has 0 fully saturated rings. The molecule has 0 bridgehead atoms. The van der Waals surface area contributed by atoms with Crippen LogP contribution in [0.5, 0.6) is 5.75 Å². The van der Waals surface area contributed by atoms with Crippen molar-refractivity contribution in [3.63, 3.8) is 0 Å². The van der Waals surface area contributed by atoms with Gasteiger partial charge in [0.25, 0.3) is 5.91 Å². The van der Waals surface area contributed by atoms with Crippen LogP contribution < -0.4 is 15.2 Å². The normalized spacial score (nSPS) is 11.2. The maximum absolute atomic E-state index is 12.0. The first-order valence-electron chi connectivity index (χ1n) is 5.35. The molecule has 0 unspecified atom stereocenters. The first-order valence-corrected chi connectivity index (χ1v) is 8.05. The molecule has 0 aromatic heterocycles. The van der Waals surface area contributed by atoms with Gasteiger partial charge in [-0.2, -0.15) is 8.42 Å². The molecule has 0 radical (unpaired) electrons. The molecule has 20 heavy (non-hydrogen) atoms. The third-order valence-electron chi connectivity index (χ3n) is 1.91. The Balaban J connectivity index is 2.90. The van der Waals surface area contributed by atoms with Gasteiger partial charge in [0.05, 0.1) is 16.8 Å². The van der Waals surface area contributed by atoms with Crippen molar-refractivity contribution in [3.05, 3.63) is 53.0 Å².